The lowest BCUT2D eigenvalue weighted by molar-refractivity contribution is 0.100. The molecule has 0 fully saturated rings. The molecule has 4 nitrogen and oxygen atoms in total. The molecule has 0 aliphatic heterocycles. The zero-order valence-corrected chi connectivity index (χ0v) is 13.3. The Bertz CT molecular complexity index is 776. The first-order chi connectivity index (χ1) is 10.2. The molecular formula is C17H20FN3O. The summed E-state index contributed by atoms with van der Waals surface area (Å²) in [6.07, 6.45) is 2.48. The number of nitrogens with two attached hydrogens (primary N) is 1. The van der Waals surface area contributed by atoms with Gasteiger partial charge in [0, 0.05) is 18.8 Å². The predicted octanol–water partition coefficient (Wildman–Crippen LogP) is 3.11. The van der Waals surface area contributed by atoms with Gasteiger partial charge in [-0.2, -0.15) is 5.10 Å². The van der Waals surface area contributed by atoms with Crippen molar-refractivity contribution in [2.24, 2.45) is 12.8 Å². The van der Waals surface area contributed by atoms with E-state index in [2.05, 4.69) is 25.9 Å². The SMILES string of the molecule is CC1CC(C)(C)c2c(F)ccc(-c3nn(C)cc3C(N)=O)c21. The number of amides is 1. The van der Waals surface area contributed by atoms with Gasteiger partial charge in [0.1, 0.15) is 11.5 Å². The Hall–Kier alpha value is -2.17. The van der Waals surface area contributed by atoms with Crippen LogP contribution in [0.2, 0.25) is 0 Å². The molecule has 0 spiro atoms. The minimum atomic E-state index is -0.522. The Labute approximate surface area is 129 Å². The van der Waals surface area contributed by atoms with E-state index in [0.717, 1.165) is 23.1 Å². The summed E-state index contributed by atoms with van der Waals surface area (Å²) in [6.45, 7) is 6.19. The van der Waals surface area contributed by atoms with Gasteiger partial charge in [0.2, 0.25) is 0 Å². The van der Waals surface area contributed by atoms with Crippen LogP contribution in [0.25, 0.3) is 11.3 Å². The number of fused-ring (bicyclic) bond motifs is 1. The molecule has 1 atom stereocenters. The molecule has 1 unspecified atom stereocenters. The van der Waals surface area contributed by atoms with E-state index in [-0.39, 0.29) is 17.2 Å². The molecule has 3 rings (SSSR count). The number of hydrogen-bond donors (Lipinski definition) is 1. The highest BCUT2D eigenvalue weighted by Crippen LogP contribution is 2.50. The zero-order valence-electron chi connectivity index (χ0n) is 13.3. The van der Waals surface area contributed by atoms with Gasteiger partial charge in [-0.05, 0) is 41.0 Å². The van der Waals surface area contributed by atoms with Crippen molar-refractivity contribution in [2.75, 3.05) is 0 Å². The van der Waals surface area contributed by atoms with Crippen LogP contribution >= 0.6 is 0 Å². The number of carbonyl (C=O) groups is 1. The normalized spacial score (nSPS) is 19.2. The second-order valence-electron chi connectivity index (χ2n) is 6.80. The quantitative estimate of drug-likeness (QED) is 0.926. The van der Waals surface area contributed by atoms with Gasteiger partial charge in [0.15, 0.2) is 0 Å². The molecule has 0 saturated heterocycles. The zero-order chi connectivity index (χ0) is 16.2. The van der Waals surface area contributed by atoms with Gasteiger partial charge in [0.05, 0.1) is 5.56 Å². The molecule has 1 aromatic carbocycles. The van der Waals surface area contributed by atoms with Gasteiger partial charge in [-0.25, -0.2) is 4.39 Å². The van der Waals surface area contributed by atoms with E-state index in [1.165, 1.54) is 6.07 Å². The van der Waals surface area contributed by atoms with E-state index in [9.17, 15) is 9.18 Å². The smallest absolute Gasteiger partial charge is 0.252 e. The number of nitrogens with zero attached hydrogens (tertiary/aromatic N) is 2. The van der Waals surface area contributed by atoms with Crippen molar-refractivity contribution in [1.29, 1.82) is 0 Å². The van der Waals surface area contributed by atoms with E-state index < -0.39 is 5.91 Å². The number of rotatable bonds is 2. The fraction of sp³-hybridized carbons (Fsp3) is 0.412. The molecule has 0 radical (unpaired) electrons. The van der Waals surface area contributed by atoms with E-state index >= 15 is 0 Å². The molecule has 0 bridgehead atoms. The summed E-state index contributed by atoms with van der Waals surface area (Å²) in [4.78, 5) is 11.7. The van der Waals surface area contributed by atoms with Gasteiger partial charge < -0.3 is 5.73 Å². The third-order valence-electron chi connectivity index (χ3n) is 4.53. The highest BCUT2D eigenvalue weighted by molar-refractivity contribution is 5.99. The summed E-state index contributed by atoms with van der Waals surface area (Å²) in [5.41, 5.74) is 8.64. The maximum atomic E-state index is 14.4. The Morgan fingerprint density at radius 1 is 1.45 bits per heavy atom. The maximum absolute atomic E-state index is 14.4. The summed E-state index contributed by atoms with van der Waals surface area (Å²) >= 11 is 0. The van der Waals surface area contributed by atoms with Crippen molar-refractivity contribution in [2.45, 2.75) is 38.5 Å². The van der Waals surface area contributed by atoms with Crippen LogP contribution < -0.4 is 5.73 Å². The molecule has 1 heterocycles. The predicted molar refractivity (Wildman–Crippen MR) is 83.2 cm³/mol. The largest absolute Gasteiger partial charge is 0.365 e. The van der Waals surface area contributed by atoms with Gasteiger partial charge in [0.25, 0.3) is 5.91 Å². The second kappa shape index (κ2) is 4.66. The van der Waals surface area contributed by atoms with Crippen LogP contribution in [-0.2, 0) is 12.5 Å². The summed E-state index contributed by atoms with van der Waals surface area (Å²) < 4.78 is 16.0. The third-order valence-corrected chi connectivity index (χ3v) is 4.53. The molecule has 1 aliphatic carbocycles. The number of carbonyl (C=O) groups excluding carboxylic acids is 1. The average Bonchev–Trinajstić information content (AvgIpc) is 2.89. The van der Waals surface area contributed by atoms with Crippen LogP contribution in [0.15, 0.2) is 18.3 Å². The molecule has 5 heteroatoms. The number of halogens is 1. The molecular weight excluding hydrogens is 281 g/mol. The first kappa shape index (κ1) is 14.8. The number of aromatic nitrogens is 2. The summed E-state index contributed by atoms with van der Waals surface area (Å²) in [6, 6.07) is 3.17. The van der Waals surface area contributed by atoms with E-state index in [0.29, 0.717) is 11.3 Å². The van der Waals surface area contributed by atoms with Crippen molar-refractivity contribution >= 4 is 5.91 Å². The van der Waals surface area contributed by atoms with E-state index in [1.807, 2.05) is 0 Å². The van der Waals surface area contributed by atoms with Crippen LogP contribution in [0.4, 0.5) is 4.39 Å². The molecule has 1 aliphatic rings. The Morgan fingerprint density at radius 2 is 2.14 bits per heavy atom. The van der Waals surface area contributed by atoms with Crippen molar-refractivity contribution in [3.8, 4) is 11.3 Å². The van der Waals surface area contributed by atoms with Crippen LogP contribution in [0, 0.1) is 5.82 Å². The van der Waals surface area contributed by atoms with Gasteiger partial charge in [-0.1, -0.05) is 20.8 Å². The number of hydrogen-bond acceptors (Lipinski definition) is 2. The molecule has 116 valence electrons. The Kier molecular flexibility index (Phi) is 3.13. The summed E-state index contributed by atoms with van der Waals surface area (Å²) in [5.74, 6) is -0.505. The first-order valence-corrected chi connectivity index (χ1v) is 7.39. The topological polar surface area (TPSA) is 60.9 Å². The molecule has 0 saturated carbocycles. The highest BCUT2D eigenvalue weighted by Gasteiger charge is 2.39. The second-order valence-corrected chi connectivity index (χ2v) is 6.80. The van der Waals surface area contributed by atoms with Crippen molar-refractivity contribution in [3.63, 3.8) is 0 Å². The van der Waals surface area contributed by atoms with Crippen LogP contribution in [0.3, 0.4) is 0 Å². The first-order valence-electron chi connectivity index (χ1n) is 7.39. The molecule has 2 aromatic rings. The Balaban J connectivity index is 2.32. The maximum Gasteiger partial charge on any atom is 0.252 e. The third kappa shape index (κ3) is 2.03. The standard InChI is InChI=1S/C17H20FN3O/c1-9-7-17(2,3)14-12(18)6-5-10(13(9)14)15-11(16(19)22)8-21(4)20-15/h5-6,8-9H,7H2,1-4H3,(H2,19,22). The van der Waals surface area contributed by atoms with Crippen LogP contribution in [0.1, 0.15) is 54.6 Å². The lowest BCUT2D eigenvalue weighted by atomic mass is 9.85. The van der Waals surface area contributed by atoms with Crippen LogP contribution in [-0.4, -0.2) is 15.7 Å². The molecule has 1 aromatic heterocycles. The molecule has 1 amide bonds. The summed E-state index contributed by atoms with van der Waals surface area (Å²) in [5, 5.41) is 4.38. The minimum Gasteiger partial charge on any atom is -0.365 e. The van der Waals surface area contributed by atoms with Crippen molar-refractivity contribution in [1.82, 2.24) is 9.78 Å². The van der Waals surface area contributed by atoms with E-state index in [4.69, 9.17) is 5.73 Å². The van der Waals surface area contributed by atoms with Gasteiger partial charge >= 0.3 is 0 Å². The van der Waals surface area contributed by atoms with Crippen LogP contribution in [0.5, 0.6) is 0 Å². The van der Waals surface area contributed by atoms with Gasteiger partial charge in [-0.15, -0.1) is 0 Å². The monoisotopic (exact) mass is 301 g/mol. The lowest BCUT2D eigenvalue weighted by Crippen LogP contribution is -2.14. The fourth-order valence-electron chi connectivity index (χ4n) is 3.84. The van der Waals surface area contributed by atoms with Crippen molar-refractivity contribution < 1.29 is 9.18 Å². The summed E-state index contributed by atoms with van der Waals surface area (Å²) in [7, 11) is 1.74. The number of primary amides is 1. The van der Waals surface area contributed by atoms with E-state index in [1.54, 1.807) is 24.0 Å². The highest BCUT2D eigenvalue weighted by atomic mass is 19.1. The Morgan fingerprint density at radius 3 is 2.77 bits per heavy atom. The average molecular weight is 301 g/mol. The number of benzene rings is 1. The van der Waals surface area contributed by atoms with Gasteiger partial charge in [-0.3, -0.25) is 9.48 Å². The molecule has 2 N–H and O–H groups in total. The molecule has 22 heavy (non-hydrogen) atoms. The van der Waals surface area contributed by atoms with Crippen molar-refractivity contribution in [3.05, 3.63) is 40.8 Å². The lowest BCUT2D eigenvalue weighted by Gasteiger charge is -2.20. The minimum absolute atomic E-state index is 0.190. The fourth-order valence-corrected chi connectivity index (χ4v) is 3.84. The number of aryl methyl sites for hydroxylation is 1.